The summed E-state index contributed by atoms with van der Waals surface area (Å²) in [5, 5.41) is 12.2. The number of hydrogen-bond acceptors (Lipinski definition) is 6. The quantitative estimate of drug-likeness (QED) is 0.472. The number of likely N-dealkylation sites (tertiary alicyclic amines) is 1. The summed E-state index contributed by atoms with van der Waals surface area (Å²) in [6.07, 6.45) is 7.04. The van der Waals surface area contributed by atoms with E-state index in [2.05, 4.69) is 34.1 Å². The van der Waals surface area contributed by atoms with Crippen molar-refractivity contribution >= 4 is 17.4 Å². The van der Waals surface area contributed by atoms with Crippen molar-refractivity contribution in [2.24, 2.45) is 0 Å². The van der Waals surface area contributed by atoms with Crippen LogP contribution in [0.25, 0.3) is 11.3 Å². The molecule has 176 valence electrons. The lowest BCUT2D eigenvalue weighted by Gasteiger charge is -2.33. The largest absolute Gasteiger partial charge is 0.497 e. The van der Waals surface area contributed by atoms with Gasteiger partial charge in [-0.05, 0) is 70.1 Å². The third-order valence-electron chi connectivity index (χ3n) is 6.49. The number of rotatable bonds is 6. The Hall–Kier alpha value is -3.72. The molecule has 1 amide bonds. The van der Waals surface area contributed by atoms with Crippen LogP contribution in [-0.4, -0.2) is 61.4 Å². The minimum Gasteiger partial charge on any atom is -0.497 e. The number of benzene rings is 1. The van der Waals surface area contributed by atoms with Crippen LogP contribution in [0.5, 0.6) is 5.75 Å². The highest BCUT2D eigenvalue weighted by Gasteiger charge is 2.26. The maximum Gasteiger partial charge on any atom is 0.262 e. The Morgan fingerprint density at radius 1 is 1.18 bits per heavy atom. The van der Waals surface area contributed by atoms with E-state index in [4.69, 9.17) is 9.84 Å². The Labute approximate surface area is 198 Å². The molecule has 0 aliphatic carbocycles. The van der Waals surface area contributed by atoms with E-state index in [1.54, 1.807) is 34.8 Å². The summed E-state index contributed by atoms with van der Waals surface area (Å²) in [5.74, 6) is 1.46. The van der Waals surface area contributed by atoms with Gasteiger partial charge in [0, 0.05) is 30.4 Å². The van der Waals surface area contributed by atoms with Crippen LogP contribution in [0.3, 0.4) is 0 Å². The van der Waals surface area contributed by atoms with Crippen molar-refractivity contribution in [2.45, 2.75) is 38.6 Å². The van der Waals surface area contributed by atoms with Gasteiger partial charge in [-0.1, -0.05) is 0 Å². The molecule has 4 aromatic rings. The van der Waals surface area contributed by atoms with E-state index in [1.807, 2.05) is 30.3 Å². The number of hydrogen-bond donors (Lipinski definition) is 1. The Morgan fingerprint density at radius 3 is 2.65 bits per heavy atom. The molecule has 1 fully saturated rings. The molecule has 0 unspecified atom stereocenters. The second-order valence-electron chi connectivity index (χ2n) is 8.87. The van der Waals surface area contributed by atoms with Crippen molar-refractivity contribution < 1.29 is 9.53 Å². The zero-order chi connectivity index (χ0) is 23.7. The van der Waals surface area contributed by atoms with E-state index in [0.29, 0.717) is 29.0 Å². The number of amides is 1. The zero-order valence-electron chi connectivity index (χ0n) is 19.7. The molecule has 34 heavy (non-hydrogen) atoms. The van der Waals surface area contributed by atoms with Gasteiger partial charge in [-0.15, -0.1) is 0 Å². The lowest BCUT2D eigenvalue weighted by molar-refractivity contribution is 0.102. The SMILES string of the molecule is COc1ccc(-n2nc(C3CCN(C(C)C)CC3)cc2NC(=O)c2cnn3cccnc23)cc1. The fourth-order valence-electron chi connectivity index (χ4n) is 4.49. The number of carbonyl (C=O) groups is 1. The van der Waals surface area contributed by atoms with E-state index >= 15 is 0 Å². The molecule has 1 saturated heterocycles. The van der Waals surface area contributed by atoms with Gasteiger partial charge in [-0.3, -0.25) is 4.79 Å². The number of piperidine rings is 1. The summed E-state index contributed by atoms with van der Waals surface area (Å²) >= 11 is 0. The number of methoxy groups -OCH3 is 1. The van der Waals surface area contributed by atoms with E-state index in [0.717, 1.165) is 43.1 Å². The molecule has 1 aliphatic heterocycles. The lowest BCUT2D eigenvalue weighted by atomic mass is 9.93. The van der Waals surface area contributed by atoms with Crippen molar-refractivity contribution in [3.63, 3.8) is 0 Å². The van der Waals surface area contributed by atoms with Gasteiger partial charge in [-0.25, -0.2) is 14.2 Å². The molecule has 3 aromatic heterocycles. The fourth-order valence-corrected chi connectivity index (χ4v) is 4.49. The first-order chi connectivity index (χ1) is 16.5. The first-order valence-electron chi connectivity index (χ1n) is 11.6. The lowest BCUT2D eigenvalue weighted by Crippen LogP contribution is -2.37. The number of nitrogens with one attached hydrogen (secondary N) is 1. The van der Waals surface area contributed by atoms with E-state index in [9.17, 15) is 4.79 Å². The van der Waals surface area contributed by atoms with E-state index in [-0.39, 0.29) is 5.91 Å². The Balaban J connectivity index is 1.46. The summed E-state index contributed by atoms with van der Waals surface area (Å²) in [6, 6.07) is 12.0. The molecule has 0 radical (unpaired) electrons. The highest BCUT2D eigenvalue weighted by Crippen LogP contribution is 2.31. The smallest absolute Gasteiger partial charge is 0.262 e. The summed E-state index contributed by atoms with van der Waals surface area (Å²) in [6.45, 7) is 6.57. The maximum absolute atomic E-state index is 13.2. The molecule has 0 bridgehead atoms. The monoisotopic (exact) mass is 459 g/mol. The standard InChI is InChI=1S/C25H29N7O2/c1-17(2)30-13-9-18(10-14-30)22-15-23(32(29-22)19-5-7-20(34-3)8-6-19)28-25(33)21-16-27-31-12-4-11-26-24(21)31/h4-8,11-12,15-18H,9-10,13-14H2,1-3H3,(H,28,33). The molecule has 1 aliphatic rings. The highest BCUT2D eigenvalue weighted by molar-refractivity contribution is 6.07. The maximum atomic E-state index is 13.2. The number of carbonyl (C=O) groups excluding carboxylic acids is 1. The molecule has 1 aromatic carbocycles. The second kappa shape index (κ2) is 9.26. The number of anilines is 1. The summed E-state index contributed by atoms with van der Waals surface area (Å²) in [7, 11) is 1.64. The van der Waals surface area contributed by atoms with Gasteiger partial charge in [0.25, 0.3) is 5.91 Å². The third kappa shape index (κ3) is 4.26. The zero-order valence-corrected chi connectivity index (χ0v) is 19.7. The summed E-state index contributed by atoms with van der Waals surface area (Å²) in [4.78, 5) is 20.0. The predicted molar refractivity (Wildman–Crippen MR) is 130 cm³/mol. The summed E-state index contributed by atoms with van der Waals surface area (Å²) in [5.41, 5.74) is 2.76. The van der Waals surface area contributed by atoms with Crippen molar-refractivity contribution in [3.05, 3.63) is 66.2 Å². The van der Waals surface area contributed by atoms with Crippen molar-refractivity contribution in [1.82, 2.24) is 29.3 Å². The van der Waals surface area contributed by atoms with Crippen LogP contribution in [0.1, 0.15) is 48.7 Å². The fraction of sp³-hybridized carbons (Fsp3) is 0.360. The molecule has 9 nitrogen and oxygen atoms in total. The van der Waals surface area contributed by atoms with Crippen LogP contribution in [-0.2, 0) is 0 Å². The van der Waals surface area contributed by atoms with Crippen LogP contribution in [0.4, 0.5) is 5.82 Å². The molecule has 9 heteroatoms. The van der Waals surface area contributed by atoms with Gasteiger partial charge in [-0.2, -0.15) is 10.2 Å². The number of fused-ring (bicyclic) bond motifs is 1. The minimum atomic E-state index is -0.274. The normalized spacial score (nSPS) is 15.2. The third-order valence-corrected chi connectivity index (χ3v) is 6.49. The van der Waals surface area contributed by atoms with Crippen LogP contribution in [0, 0.1) is 0 Å². The van der Waals surface area contributed by atoms with E-state index in [1.165, 1.54) is 6.20 Å². The molecular formula is C25H29N7O2. The van der Waals surface area contributed by atoms with Gasteiger partial charge in [0.1, 0.15) is 17.1 Å². The average Bonchev–Trinajstić information content (AvgIpc) is 3.49. The molecule has 5 rings (SSSR count). The van der Waals surface area contributed by atoms with Crippen LogP contribution in [0.2, 0.25) is 0 Å². The van der Waals surface area contributed by atoms with Crippen LogP contribution >= 0.6 is 0 Å². The van der Waals surface area contributed by atoms with Gasteiger partial charge < -0.3 is 15.0 Å². The van der Waals surface area contributed by atoms with Crippen LogP contribution < -0.4 is 10.1 Å². The summed E-state index contributed by atoms with van der Waals surface area (Å²) < 4.78 is 8.68. The number of aromatic nitrogens is 5. The number of ether oxygens (including phenoxy) is 1. The topological polar surface area (TPSA) is 89.6 Å². The molecule has 4 heterocycles. The highest BCUT2D eigenvalue weighted by atomic mass is 16.5. The first kappa shape index (κ1) is 22.1. The Bertz CT molecular complexity index is 1280. The van der Waals surface area contributed by atoms with E-state index < -0.39 is 0 Å². The van der Waals surface area contributed by atoms with Crippen LogP contribution in [0.15, 0.2) is 55.0 Å². The second-order valence-corrected chi connectivity index (χ2v) is 8.87. The van der Waals surface area contributed by atoms with Crippen molar-refractivity contribution in [2.75, 3.05) is 25.5 Å². The molecular weight excluding hydrogens is 430 g/mol. The number of nitrogens with zero attached hydrogens (tertiary/aromatic N) is 6. The molecule has 0 spiro atoms. The predicted octanol–water partition coefficient (Wildman–Crippen LogP) is 3.76. The molecule has 0 saturated carbocycles. The minimum absolute atomic E-state index is 0.274. The molecule has 0 atom stereocenters. The van der Waals surface area contributed by atoms with Gasteiger partial charge in [0.2, 0.25) is 0 Å². The Kier molecular flexibility index (Phi) is 6.02. The van der Waals surface area contributed by atoms with Gasteiger partial charge >= 0.3 is 0 Å². The van der Waals surface area contributed by atoms with Crippen molar-refractivity contribution in [3.8, 4) is 11.4 Å². The van der Waals surface area contributed by atoms with Gasteiger partial charge in [0.05, 0.1) is 24.7 Å². The molecule has 1 N–H and O–H groups in total. The first-order valence-corrected chi connectivity index (χ1v) is 11.6. The van der Waals surface area contributed by atoms with Crippen molar-refractivity contribution in [1.29, 1.82) is 0 Å². The van der Waals surface area contributed by atoms with Gasteiger partial charge in [0.15, 0.2) is 5.65 Å². The average molecular weight is 460 g/mol. The Morgan fingerprint density at radius 2 is 1.94 bits per heavy atom.